The van der Waals surface area contributed by atoms with Crippen LogP contribution in [-0.2, 0) is 9.59 Å². The molecule has 1 aromatic rings. The molecule has 2 amide bonds. The van der Waals surface area contributed by atoms with Crippen LogP contribution in [0.3, 0.4) is 0 Å². The Labute approximate surface area is 165 Å². The summed E-state index contributed by atoms with van der Waals surface area (Å²) in [6.07, 6.45) is -2.39. The quantitative estimate of drug-likeness (QED) is 0.315. The summed E-state index contributed by atoms with van der Waals surface area (Å²) in [5.74, 6) is -6.89. The van der Waals surface area contributed by atoms with Gasteiger partial charge in [0.2, 0.25) is 5.91 Å². The summed E-state index contributed by atoms with van der Waals surface area (Å²) in [5.41, 5.74) is 6.37. The topological polar surface area (TPSA) is 104 Å². The maximum absolute atomic E-state index is 14.3. The highest BCUT2D eigenvalue weighted by Gasteiger charge is 2.51. The zero-order chi connectivity index (χ0) is 19.9. The van der Waals surface area contributed by atoms with Crippen molar-refractivity contribution in [2.75, 3.05) is 11.0 Å². The first-order chi connectivity index (χ1) is 12.1. The van der Waals surface area contributed by atoms with Crippen LogP contribution in [0, 0.1) is 5.92 Å². The molecule has 5 N–H and O–H groups in total. The molecule has 26 heavy (non-hydrogen) atoms. The Kier molecular flexibility index (Phi) is 8.84. The van der Waals surface area contributed by atoms with Crippen molar-refractivity contribution in [1.29, 1.82) is 0 Å². The van der Waals surface area contributed by atoms with Gasteiger partial charge in [-0.15, -0.1) is 0 Å². The van der Waals surface area contributed by atoms with Gasteiger partial charge in [-0.25, -0.2) is 0 Å². The van der Waals surface area contributed by atoms with E-state index in [0.29, 0.717) is 9.99 Å². The number of carbonyl (C=O) groups is 2. The minimum Gasteiger partial charge on any atom is -0.384 e. The number of amides is 2. The molecule has 1 rings (SSSR count). The van der Waals surface area contributed by atoms with Crippen LogP contribution in [0.1, 0.15) is 25.5 Å². The van der Waals surface area contributed by atoms with Gasteiger partial charge in [0.15, 0.2) is 0 Å². The average Bonchev–Trinajstić information content (AvgIpc) is 2.62. The molecule has 0 aliphatic carbocycles. The summed E-state index contributed by atoms with van der Waals surface area (Å²) in [7, 11) is 0. The fourth-order valence-corrected chi connectivity index (χ4v) is 2.58. The Morgan fingerprint density at radius 1 is 1.27 bits per heavy atom. The summed E-state index contributed by atoms with van der Waals surface area (Å²) in [6.45, 7) is 3.17. The Morgan fingerprint density at radius 2 is 1.85 bits per heavy atom. The van der Waals surface area contributed by atoms with Gasteiger partial charge in [0.05, 0.1) is 6.04 Å². The first kappa shape index (κ1) is 22.7. The summed E-state index contributed by atoms with van der Waals surface area (Å²) in [6, 6.07) is 5.99. The van der Waals surface area contributed by atoms with Crippen LogP contribution >= 0.6 is 22.6 Å². The fourth-order valence-electron chi connectivity index (χ4n) is 2.31. The van der Waals surface area contributed by atoms with Gasteiger partial charge in [0.25, 0.3) is 5.91 Å². The van der Waals surface area contributed by atoms with Crippen molar-refractivity contribution in [3.05, 3.63) is 35.9 Å². The third-order valence-corrected chi connectivity index (χ3v) is 4.40. The van der Waals surface area contributed by atoms with Crippen LogP contribution in [0.5, 0.6) is 0 Å². The zero-order valence-corrected chi connectivity index (χ0v) is 16.7. The Hall–Kier alpha value is -1.33. The molecule has 0 unspecified atom stereocenters. The number of nitrogens with one attached hydrogen (secondary N) is 2. The number of aliphatic hydroxyl groups is 1. The molecule has 3 atom stereocenters. The molecule has 0 aliphatic heterocycles. The van der Waals surface area contributed by atoms with Crippen LogP contribution in [0.25, 0.3) is 0 Å². The number of hydrogen-bond acceptors (Lipinski definition) is 4. The van der Waals surface area contributed by atoms with Crippen LogP contribution in [0.4, 0.5) is 8.78 Å². The summed E-state index contributed by atoms with van der Waals surface area (Å²) >= 11 is 1.93. The van der Waals surface area contributed by atoms with Crippen molar-refractivity contribution >= 4 is 34.4 Å². The summed E-state index contributed by atoms with van der Waals surface area (Å²) < 4.78 is 29.0. The molecule has 0 aromatic heterocycles. The van der Waals surface area contributed by atoms with Crippen molar-refractivity contribution in [2.45, 2.75) is 38.0 Å². The number of alkyl halides is 3. The van der Waals surface area contributed by atoms with E-state index in [9.17, 15) is 23.5 Å². The van der Waals surface area contributed by atoms with Crippen LogP contribution in [0.15, 0.2) is 30.3 Å². The number of aliphatic hydroxyl groups excluding tert-OH is 1. The van der Waals surface area contributed by atoms with E-state index in [1.807, 2.05) is 22.6 Å². The van der Waals surface area contributed by atoms with E-state index in [2.05, 4.69) is 10.6 Å². The lowest BCUT2D eigenvalue weighted by atomic mass is 9.93. The largest absolute Gasteiger partial charge is 0.384 e. The smallest absolute Gasteiger partial charge is 0.351 e. The molecule has 0 radical (unpaired) electrons. The fraction of sp³-hybridized carbons (Fsp3) is 0.529. The predicted molar refractivity (Wildman–Crippen MR) is 103 cm³/mol. The standard InChI is InChI=1S/C17H24F2IN3O3/c1-10(2)13(14(24)17(18,19)16(26)22-9-8-20)23-15(25)12(21)11-6-4-3-5-7-11/h3-7,10,12-14,24H,8-9,21H2,1-2H3,(H,22,26)(H,23,25)/t12-,13-,14+/m0/s1. The van der Waals surface area contributed by atoms with Gasteiger partial charge in [-0.2, -0.15) is 8.78 Å². The maximum atomic E-state index is 14.3. The van der Waals surface area contributed by atoms with E-state index < -0.39 is 41.8 Å². The van der Waals surface area contributed by atoms with E-state index in [0.717, 1.165) is 0 Å². The van der Waals surface area contributed by atoms with Gasteiger partial charge < -0.3 is 21.5 Å². The molecule has 0 spiro atoms. The molecule has 9 heteroatoms. The number of rotatable bonds is 9. The van der Waals surface area contributed by atoms with Crippen molar-refractivity contribution in [3.8, 4) is 0 Å². The number of benzene rings is 1. The first-order valence-electron chi connectivity index (χ1n) is 8.14. The second kappa shape index (κ2) is 10.1. The molecule has 1 aromatic carbocycles. The highest BCUT2D eigenvalue weighted by Crippen LogP contribution is 2.25. The van der Waals surface area contributed by atoms with Crippen molar-refractivity contribution in [1.82, 2.24) is 10.6 Å². The molecule has 6 nitrogen and oxygen atoms in total. The van der Waals surface area contributed by atoms with E-state index in [-0.39, 0.29) is 6.54 Å². The van der Waals surface area contributed by atoms with E-state index in [4.69, 9.17) is 5.73 Å². The Balaban J connectivity index is 2.90. The predicted octanol–water partition coefficient (Wildman–Crippen LogP) is 1.37. The number of nitrogens with two attached hydrogens (primary N) is 1. The third kappa shape index (κ3) is 5.85. The maximum Gasteiger partial charge on any atom is 0.351 e. The van der Waals surface area contributed by atoms with E-state index in [1.54, 1.807) is 44.2 Å². The highest BCUT2D eigenvalue weighted by molar-refractivity contribution is 14.1. The lowest BCUT2D eigenvalue weighted by Gasteiger charge is -2.32. The molecular formula is C17H24F2IN3O3. The average molecular weight is 483 g/mol. The normalized spacial score (nSPS) is 15.2. The molecule has 0 bridgehead atoms. The van der Waals surface area contributed by atoms with Gasteiger partial charge >= 0.3 is 5.92 Å². The molecular weight excluding hydrogens is 459 g/mol. The molecule has 0 saturated heterocycles. The second-order valence-electron chi connectivity index (χ2n) is 6.18. The molecule has 0 saturated carbocycles. The van der Waals surface area contributed by atoms with Gasteiger partial charge in [-0.05, 0) is 11.5 Å². The monoisotopic (exact) mass is 483 g/mol. The first-order valence-corrected chi connectivity index (χ1v) is 9.66. The Morgan fingerprint density at radius 3 is 2.35 bits per heavy atom. The van der Waals surface area contributed by atoms with Crippen LogP contribution in [0.2, 0.25) is 0 Å². The number of carbonyl (C=O) groups excluding carboxylic acids is 2. The van der Waals surface area contributed by atoms with Gasteiger partial charge in [0, 0.05) is 11.0 Å². The molecule has 0 aliphatic rings. The second-order valence-corrected chi connectivity index (χ2v) is 7.26. The van der Waals surface area contributed by atoms with E-state index in [1.165, 1.54) is 0 Å². The molecule has 0 fully saturated rings. The highest BCUT2D eigenvalue weighted by atomic mass is 127. The summed E-state index contributed by atoms with van der Waals surface area (Å²) in [4.78, 5) is 24.0. The van der Waals surface area contributed by atoms with Crippen molar-refractivity contribution in [3.63, 3.8) is 0 Å². The third-order valence-electron chi connectivity index (χ3n) is 3.86. The minimum absolute atomic E-state index is 0.0549. The van der Waals surface area contributed by atoms with Crippen molar-refractivity contribution < 1.29 is 23.5 Å². The number of halogens is 3. The Bertz CT molecular complexity index is 602. The minimum atomic E-state index is -4.05. The lowest BCUT2D eigenvalue weighted by molar-refractivity contribution is -0.169. The molecule has 0 heterocycles. The van der Waals surface area contributed by atoms with Crippen LogP contribution < -0.4 is 16.4 Å². The van der Waals surface area contributed by atoms with Gasteiger partial charge in [-0.3, -0.25) is 9.59 Å². The SMILES string of the molecule is CC(C)[C@H](NC(=O)[C@@H](N)c1ccccc1)[C@@H](O)C(F)(F)C(=O)NCCI. The zero-order valence-electron chi connectivity index (χ0n) is 14.6. The summed E-state index contributed by atoms with van der Waals surface area (Å²) in [5, 5.41) is 14.5. The van der Waals surface area contributed by atoms with Gasteiger partial charge in [-0.1, -0.05) is 66.8 Å². The lowest BCUT2D eigenvalue weighted by Crippen LogP contribution is -2.60. The van der Waals surface area contributed by atoms with Crippen molar-refractivity contribution in [2.24, 2.45) is 11.7 Å². The van der Waals surface area contributed by atoms with Crippen LogP contribution in [-0.4, -0.2) is 46.0 Å². The number of hydrogen-bond donors (Lipinski definition) is 4. The van der Waals surface area contributed by atoms with E-state index >= 15 is 0 Å². The van der Waals surface area contributed by atoms with Gasteiger partial charge in [0.1, 0.15) is 12.1 Å². The molecule has 146 valence electrons.